The number of aromatic carboxylic acids is 1. The summed E-state index contributed by atoms with van der Waals surface area (Å²) < 4.78 is 11.9. The summed E-state index contributed by atoms with van der Waals surface area (Å²) in [7, 11) is 0. The second-order valence-corrected chi connectivity index (χ2v) is 11.0. The second kappa shape index (κ2) is 9.87. The summed E-state index contributed by atoms with van der Waals surface area (Å²) >= 11 is 19.6. The average Bonchev–Trinajstić information content (AvgIpc) is 3.85. The normalized spacial score (nSPS) is 19.9. The zero-order chi connectivity index (χ0) is 27.3. The lowest BCUT2D eigenvalue weighted by Gasteiger charge is -2.13. The molecule has 0 spiro atoms. The zero-order valence-corrected chi connectivity index (χ0v) is 22.6. The van der Waals surface area contributed by atoms with Gasteiger partial charge in [-0.3, -0.25) is 4.98 Å². The van der Waals surface area contributed by atoms with Crippen molar-refractivity contribution >= 4 is 40.8 Å². The van der Waals surface area contributed by atoms with E-state index in [2.05, 4.69) is 16.2 Å². The molecule has 2 aliphatic rings. The van der Waals surface area contributed by atoms with Crippen LogP contribution in [0.1, 0.15) is 63.9 Å². The van der Waals surface area contributed by atoms with Crippen molar-refractivity contribution in [3.05, 3.63) is 97.9 Å². The first-order valence-corrected chi connectivity index (χ1v) is 13.4. The van der Waals surface area contributed by atoms with Gasteiger partial charge in [-0.1, -0.05) is 52.1 Å². The van der Waals surface area contributed by atoms with Gasteiger partial charge in [-0.2, -0.15) is 5.26 Å². The minimum atomic E-state index is -1.09. The van der Waals surface area contributed by atoms with Gasteiger partial charge in [-0.15, -0.1) is 0 Å². The van der Waals surface area contributed by atoms with Gasteiger partial charge in [0.25, 0.3) is 0 Å². The van der Waals surface area contributed by atoms with Gasteiger partial charge in [0.2, 0.25) is 0 Å². The number of carbonyl (C=O) groups is 1. The molecule has 2 fully saturated rings. The SMILES string of the molecule is N#CC1(c2cncc(C(=O)O)c2)CC1c1ccc(OCc2c(-c3c(Cl)cccc3Cl)noc2C2CC2)cc1Cl. The Hall–Kier alpha value is -3.57. The van der Waals surface area contributed by atoms with E-state index < -0.39 is 11.4 Å². The summed E-state index contributed by atoms with van der Waals surface area (Å²) in [6.07, 6.45) is 5.36. The van der Waals surface area contributed by atoms with Crippen molar-refractivity contribution in [3.8, 4) is 23.1 Å². The topological polar surface area (TPSA) is 109 Å². The number of halogens is 3. The number of nitrogens with zero attached hydrogens (tertiary/aromatic N) is 3. The molecule has 0 bridgehead atoms. The van der Waals surface area contributed by atoms with Crippen molar-refractivity contribution in [1.82, 2.24) is 10.1 Å². The van der Waals surface area contributed by atoms with Crippen LogP contribution in [-0.2, 0) is 12.0 Å². The van der Waals surface area contributed by atoms with Crippen LogP contribution in [0.4, 0.5) is 0 Å². The minimum absolute atomic E-state index is 0.0411. The first-order valence-electron chi connectivity index (χ1n) is 12.3. The predicted molar refractivity (Wildman–Crippen MR) is 146 cm³/mol. The van der Waals surface area contributed by atoms with Crippen LogP contribution in [0.3, 0.4) is 0 Å². The van der Waals surface area contributed by atoms with Crippen LogP contribution < -0.4 is 4.74 Å². The van der Waals surface area contributed by atoms with Crippen molar-refractivity contribution in [1.29, 1.82) is 5.26 Å². The summed E-state index contributed by atoms with van der Waals surface area (Å²) in [5, 5.41) is 25.0. The van der Waals surface area contributed by atoms with Crippen molar-refractivity contribution in [2.45, 2.75) is 43.1 Å². The minimum Gasteiger partial charge on any atom is -0.489 e. The average molecular weight is 581 g/mol. The third kappa shape index (κ3) is 4.63. The quantitative estimate of drug-likeness (QED) is 0.226. The molecule has 2 atom stereocenters. The highest BCUT2D eigenvalue weighted by Crippen LogP contribution is 2.61. The third-order valence-electron chi connectivity index (χ3n) is 7.36. The highest BCUT2D eigenvalue weighted by molar-refractivity contribution is 6.39. The maximum Gasteiger partial charge on any atom is 0.337 e. The van der Waals surface area contributed by atoms with Crippen LogP contribution >= 0.6 is 34.8 Å². The Morgan fingerprint density at radius 3 is 2.56 bits per heavy atom. The van der Waals surface area contributed by atoms with Gasteiger partial charge in [-0.05, 0) is 60.7 Å². The molecule has 6 rings (SSSR count). The Bertz CT molecular complexity index is 1640. The molecule has 0 radical (unpaired) electrons. The fourth-order valence-corrected chi connectivity index (χ4v) is 5.91. The summed E-state index contributed by atoms with van der Waals surface area (Å²) in [5.41, 5.74) is 2.48. The number of aromatic nitrogens is 2. The van der Waals surface area contributed by atoms with E-state index in [1.807, 2.05) is 6.07 Å². The largest absolute Gasteiger partial charge is 0.489 e. The van der Waals surface area contributed by atoms with Gasteiger partial charge in [-0.25, -0.2) is 4.79 Å². The van der Waals surface area contributed by atoms with Gasteiger partial charge in [0.1, 0.15) is 23.8 Å². The standard InChI is InChI=1S/C29H20Cl3N3O4/c30-22-2-1-3-23(31)25(22)26-20(27(39-35-26)15-4-5-15)13-38-18-6-7-19(24(32)9-18)21-10-29(21,14-33)17-8-16(28(36)37)11-34-12-17/h1-3,6-9,11-12,15,21H,4-5,10,13H2,(H,36,37). The molecular weight excluding hydrogens is 561 g/mol. The Morgan fingerprint density at radius 2 is 1.90 bits per heavy atom. The van der Waals surface area contributed by atoms with E-state index in [9.17, 15) is 15.2 Å². The van der Waals surface area contributed by atoms with Gasteiger partial charge in [0.05, 0.1) is 32.7 Å². The number of carboxylic acids is 1. The summed E-state index contributed by atoms with van der Waals surface area (Å²) in [6, 6.07) is 14.5. The van der Waals surface area contributed by atoms with Gasteiger partial charge < -0.3 is 14.4 Å². The van der Waals surface area contributed by atoms with Crippen LogP contribution in [0.2, 0.25) is 15.1 Å². The van der Waals surface area contributed by atoms with Gasteiger partial charge in [0.15, 0.2) is 0 Å². The monoisotopic (exact) mass is 579 g/mol. The second-order valence-electron chi connectivity index (χ2n) is 9.82. The van der Waals surface area contributed by atoms with E-state index in [0.717, 1.165) is 29.7 Å². The number of hydrogen-bond donors (Lipinski definition) is 1. The summed E-state index contributed by atoms with van der Waals surface area (Å²) in [6.45, 7) is 0.182. The smallest absolute Gasteiger partial charge is 0.337 e. The highest BCUT2D eigenvalue weighted by Gasteiger charge is 2.58. The lowest BCUT2D eigenvalue weighted by atomic mass is 9.92. The number of hydrogen-bond acceptors (Lipinski definition) is 6. The third-order valence-corrected chi connectivity index (χ3v) is 8.31. The molecule has 2 aliphatic carbocycles. The molecule has 39 heavy (non-hydrogen) atoms. The van der Waals surface area contributed by atoms with Gasteiger partial charge >= 0.3 is 5.97 Å². The molecule has 2 saturated carbocycles. The molecule has 0 amide bonds. The Morgan fingerprint density at radius 1 is 1.13 bits per heavy atom. The molecule has 1 N–H and O–H groups in total. The summed E-state index contributed by atoms with van der Waals surface area (Å²) in [4.78, 5) is 15.4. The molecule has 2 unspecified atom stereocenters. The lowest BCUT2D eigenvalue weighted by Crippen LogP contribution is -2.09. The Balaban J connectivity index is 1.25. The molecule has 196 valence electrons. The molecular formula is C29H20Cl3N3O4. The van der Waals surface area contributed by atoms with Crippen LogP contribution in [-0.4, -0.2) is 21.2 Å². The number of ether oxygens (including phenoxy) is 1. The fraction of sp³-hybridized carbons (Fsp3) is 0.241. The first kappa shape index (κ1) is 25.7. The van der Waals surface area contributed by atoms with E-state index in [1.165, 1.54) is 12.3 Å². The number of nitriles is 1. The molecule has 0 aliphatic heterocycles. The molecule has 0 saturated heterocycles. The molecule has 2 heterocycles. The number of carboxylic acid groups (broad SMARTS) is 1. The molecule has 10 heteroatoms. The fourth-order valence-electron chi connectivity index (χ4n) is 5.03. The molecule has 4 aromatic rings. The predicted octanol–water partition coefficient (Wildman–Crippen LogP) is 7.80. The van der Waals surface area contributed by atoms with E-state index in [4.69, 9.17) is 44.1 Å². The molecule has 7 nitrogen and oxygen atoms in total. The maximum absolute atomic E-state index is 11.4. The number of benzene rings is 2. The van der Waals surface area contributed by atoms with Crippen molar-refractivity contribution in [2.75, 3.05) is 0 Å². The lowest BCUT2D eigenvalue weighted by molar-refractivity contribution is 0.0696. The zero-order valence-electron chi connectivity index (χ0n) is 20.3. The van der Waals surface area contributed by atoms with E-state index >= 15 is 0 Å². The van der Waals surface area contributed by atoms with E-state index in [-0.39, 0.29) is 18.1 Å². The van der Waals surface area contributed by atoms with Crippen LogP contribution in [0.15, 0.2) is 59.4 Å². The van der Waals surface area contributed by atoms with E-state index in [0.29, 0.717) is 50.0 Å². The highest BCUT2D eigenvalue weighted by atomic mass is 35.5. The summed E-state index contributed by atoms with van der Waals surface area (Å²) in [5.74, 6) is 0.328. The Labute approximate surface area is 238 Å². The maximum atomic E-state index is 11.4. The number of pyridine rings is 1. The van der Waals surface area contributed by atoms with Crippen LogP contribution in [0.5, 0.6) is 5.75 Å². The first-order chi connectivity index (χ1) is 18.8. The van der Waals surface area contributed by atoms with Crippen molar-refractivity contribution in [2.24, 2.45) is 0 Å². The van der Waals surface area contributed by atoms with Crippen molar-refractivity contribution in [3.63, 3.8) is 0 Å². The van der Waals surface area contributed by atoms with E-state index in [1.54, 1.807) is 36.5 Å². The van der Waals surface area contributed by atoms with Gasteiger partial charge in [0, 0.05) is 34.8 Å². The molecule has 2 aromatic carbocycles. The Kier molecular flexibility index (Phi) is 6.50. The number of rotatable bonds is 8. The molecule has 2 aromatic heterocycles. The van der Waals surface area contributed by atoms with Crippen LogP contribution in [0.25, 0.3) is 11.3 Å². The van der Waals surface area contributed by atoms with Crippen molar-refractivity contribution < 1.29 is 19.2 Å². The van der Waals surface area contributed by atoms with Crippen LogP contribution in [0, 0.1) is 11.3 Å².